The average molecular weight is 646 g/mol. The second-order valence-electron chi connectivity index (χ2n) is 12.8. The monoisotopic (exact) mass is 645 g/mol. The first-order chi connectivity index (χ1) is 21.4. The molecule has 2 aromatic heterocycles. The van der Waals surface area contributed by atoms with Crippen molar-refractivity contribution in [3.8, 4) is 17.3 Å². The van der Waals surface area contributed by atoms with E-state index in [1.807, 2.05) is 0 Å². The van der Waals surface area contributed by atoms with E-state index >= 15 is 13.2 Å². The highest BCUT2D eigenvalue weighted by atomic mass is 35.5. The molecule has 8 rings (SSSR count). The Morgan fingerprint density at radius 1 is 1.02 bits per heavy atom. The van der Waals surface area contributed by atoms with Crippen LogP contribution in [0.1, 0.15) is 32.1 Å². The minimum Gasteiger partial charge on any atom is -0.461 e. The molecule has 2 aromatic carbocycles. The van der Waals surface area contributed by atoms with Crippen LogP contribution in [0.3, 0.4) is 0 Å². The maximum absolute atomic E-state index is 16.8. The van der Waals surface area contributed by atoms with Gasteiger partial charge in [-0.3, -0.25) is 4.90 Å². The maximum Gasteiger partial charge on any atom is 0.319 e. The van der Waals surface area contributed by atoms with Gasteiger partial charge in [-0.2, -0.15) is 9.97 Å². The van der Waals surface area contributed by atoms with Gasteiger partial charge in [-0.1, -0.05) is 17.7 Å². The van der Waals surface area contributed by atoms with Crippen LogP contribution < -0.4 is 20.7 Å². The molecule has 4 saturated heterocycles. The van der Waals surface area contributed by atoms with E-state index in [1.54, 1.807) is 0 Å². The van der Waals surface area contributed by atoms with Crippen LogP contribution in [0.2, 0.25) is 5.02 Å². The van der Waals surface area contributed by atoms with E-state index in [0.717, 1.165) is 19.4 Å². The number of alkyl halides is 3. The summed E-state index contributed by atoms with van der Waals surface area (Å²) in [5.74, 6) is -5.42. The summed E-state index contributed by atoms with van der Waals surface area (Å²) in [4.78, 5) is 16.7. The van der Waals surface area contributed by atoms with Crippen LogP contribution in [0.15, 0.2) is 30.3 Å². The largest absolute Gasteiger partial charge is 0.461 e. The van der Waals surface area contributed by atoms with Crippen molar-refractivity contribution >= 4 is 44.9 Å². The van der Waals surface area contributed by atoms with E-state index in [9.17, 15) is 8.78 Å². The molecule has 2 unspecified atom stereocenters. The molecule has 0 radical (unpaired) electrons. The highest BCUT2D eigenvalue weighted by Crippen LogP contribution is 2.45. The first-order valence-corrected chi connectivity index (χ1v) is 15.3. The predicted octanol–water partition coefficient (Wildman–Crippen LogP) is 5.85. The van der Waals surface area contributed by atoms with Crippen LogP contribution in [0.5, 0.6) is 6.01 Å². The van der Waals surface area contributed by atoms with E-state index in [0.29, 0.717) is 18.4 Å². The smallest absolute Gasteiger partial charge is 0.319 e. The predicted molar refractivity (Wildman–Crippen MR) is 160 cm³/mol. The number of ether oxygens (including phenoxy) is 1. The summed E-state index contributed by atoms with van der Waals surface area (Å²) in [5, 5.41) is 3.22. The third-order valence-electron chi connectivity index (χ3n) is 9.67. The van der Waals surface area contributed by atoms with E-state index in [1.165, 1.54) is 35.2 Å². The molecule has 4 aromatic rings. The number of hydrogen-bond donors (Lipinski definition) is 2. The first kappa shape index (κ1) is 28.9. The Morgan fingerprint density at radius 2 is 1.80 bits per heavy atom. The number of nitrogens with two attached hydrogens (primary N) is 1. The Balaban J connectivity index is 1.29. The third-order valence-corrected chi connectivity index (χ3v) is 9.97. The molecule has 4 atom stereocenters. The highest BCUT2D eigenvalue weighted by Gasteiger charge is 2.55. The van der Waals surface area contributed by atoms with Crippen molar-refractivity contribution in [3.05, 3.63) is 47.0 Å². The second kappa shape index (κ2) is 9.97. The van der Waals surface area contributed by atoms with Crippen molar-refractivity contribution in [2.45, 2.75) is 55.4 Å². The van der Waals surface area contributed by atoms with Crippen LogP contribution in [-0.4, -0.2) is 75.9 Å². The topological polar surface area (TPSA) is 92.4 Å². The van der Waals surface area contributed by atoms with Crippen LogP contribution in [-0.2, 0) is 0 Å². The number of nitrogens with zero attached hydrogens (tertiary/aromatic N) is 5. The SMILES string of the molecule is Nc1cc2ccc(F)cc2c(-c2c(Cl)cc3c(N4CC5(F)CCC(F)(C4)N5)nc(OC[C@@]45CCCN4C[C@H](F)C5)nc3c2F)n1. The van der Waals surface area contributed by atoms with E-state index in [-0.39, 0.29) is 82.8 Å². The van der Waals surface area contributed by atoms with Gasteiger partial charge in [0.25, 0.3) is 0 Å². The normalized spacial score (nSPS) is 29.6. The number of hydrogen-bond acceptors (Lipinski definition) is 8. The van der Waals surface area contributed by atoms with Crippen molar-refractivity contribution in [1.29, 1.82) is 0 Å². The number of pyridine rings is 1. The molecule has 0 aliphatic carbocycles. The number of nitrogen functional groups attached to an aromatic ring is 1. The molecule has 4 aliphatic rings. The summed E-state index contributed by atoms with van der Waals surface area (Å²) in [7, 11) is 0. The number of benzene rings is 2. The number of piperazine rings is 1. The lowest BCUT2D eigenvalue weighted by atomic mass is 9.95. The molecule has 0 saturated carbocycles. The quantitative estimate of drug-likeness (QED) is 0.206. The number of rotatable bonds is 5. The molecular weight excluding hydrogens is 617 g/mol. The summed E-state index contributed by atoms with van der Waals surface area (Å²) in [6, 6.07) is 6.68. The molecule has 0 spiro atoms. The van der Waals surface area contributed by atoms with Crippen molar-refractivity contribution in [2.75, 3.05) is 43.4 Å². The highest BCUT2D eigenvalue weighted by molar-refractivity contribution is 6.34. The molecule has 6 heterocycles. The Labute approximate surface area is 259 Å². The molecule has 4 aliphatic heterocycles. The zero-order valence-corrected chi connectivity index (χ0v) is 24.8. The molecule has 8 nitrogen and oxygen atoms in total. The first-order valence-electron chi connectivity index (χ1n) is 14.9. The van der Waals surface area contributed by atoms with Gasteiger partial charge in [0.15, 0.2) is 17.4 Å². The molecule has 45 heavy (non-hydrogen) atoms. The zero-order chi connectivity index (χ0) is 31.3. The number of fused-ring (bicyclic) bond motifs is 5. The zero-order valence-electron chi connectivity index (χ0n) is 24.0. The Bertz CT molecular complexity index is 1870. The average Bonchev–Trinajstić information content (AvgIpc) is 3.58. The molecule has 2 bridgehead atoms. The van der Waals surface area contributed by atoms with E-state index in [4.69, 9.17) is 22.1 Å². The lowest BCUT2D eigenvalue weighted by molar-refractivity contribution is 0.0435. The van der Waals surface area contributed by atoms with Gasteiger partial charge in [0.1, 0.15) is 35.7 Å². The van der Waals surface area contributed by atoms with Gasteiger partial charge in [-0.25, -0.2) is 32.3 Å². The minimum absolute atomic E-state index is 0.00241. The van der Waals surface area contributed by atoms with Gasteiger partial charge in [0, 0.05) is 36.6 Å². The van der Waals surface area contributed by atoms with Gasteiger partial charge in [0.2, 0.25) is 0 Å². The van der Waals surface area contributed by atoms with Gasteiger partial charge in [-0.15, -0.1) is 0 Å². The summed E-state index contributed by atoms with van der Waals surface area (Å²) >= 11 is 6.71. The van der Waals surface area contributed by atoms with Crippen LogP contribution >= 0.6 is 11.6 Å². The van der Waals surface area contributed by atoms with Crippen molar-refractivity contribution in [3.63, 3.8) is 0 Å². The number of halogens is 6. The van der Waals surface area contributed by atoms with Gasteiger partial charge < -0.3 is 15.4 Å². The van der Waals surface area contributed by atoms with Crippen molar-refractivity contribution in [2.24, 2.45) is 0 Å². The van der Waals surface area contributed by atoms with E-state index < -0.39 is 34.9 Å². The standard InChI is InChI=1S/C31H29ClF5N7O/c32-21-10-20-26(24(35)23(21)25-19-9-17(33)3-2-16(19)8-22(38)39-25)40-28(45-15-29-4-1-7-44(29)12-18(34)11-29)41-27(20)43-13-30(36)5-6-31(37,14-43)42-30/h2-3,8-10,18,42H,1,4-7,11-15H2,(H2,38,39)/t18-,29+,30?,31?/m1/s1. The molecule has 4 fully saturated rings. The Morgan fingerprint density at radius 3 is 2.58 bits per heavy atom. The second-order valence-corrected chi connectivity index (χ2v) is 13.2. The van der Waals surface area contributed by atoms with Crippen molar-refractivity contribution < 1.29 is 26.7 Å². The fourth-order valence-corrected chi connectivity index (χ4v) is 8.01. The van der Waals surface area contributed by atoms with Gasteiger partial charge >= 0.3 is 6.01 Å². The van der Waals surface area contributed by atoms with Crippen LogP contribution in [0.4, 0.5) is 33.6 Å². The summed E-state index contributed by atoms with van der Waals surface area (Å²) in [6.07, 6.45) is 0.819. The molecule has 0 amide bonds. The number of anilines is 2. The molecular formula is C31H29ClF5N7O. The van der Waals surface area contributed by atoms with Crippen molar-refractivity contribution in [1.82, 2.24) is 25.2 Å². The molecule has 14 heteroatoms. The Kier molecular flexibility index (Phi) is 6.40. The summed E-state index contributed by atoms with van der Waals surface area (Å²) < 4.78 is 82.8. The maximum atomic E-state index is 16.8. The molecule has 3 N–H and O–H groups in total. The van der Waals surface area contributed by atoms with Gasteiger partial charge in [-0.05, 0) is 49.0 Å². The molecule has 236 valence electrons. The fraction of sp³-hybridized carbons (Fsp3) is 0.452. The van der Waals surface area contributed by atoms with E-state index in [2.05, 4.69) is 25.2 Å². The lowest BCUT2D eigenvalue weighted by Gasteiger charge is -2.40. The van der Waals surface area contributed by atoms with Crippen LogP contribution in [0, 0.1) is 11.6 Å². The lowest BCUT2D eigenvalue weighted by Crippen LogP contribution is -2.62. The van der Waals surface area contributed by atoms with Gasteiger partial charge in [0.05, 0.1) is 34.9 Å². The number of aromatic nitrogens is 3. The Hall–Kier alpha value is -3.55. The summed E-state index contributed by atoms with van der Waals surface area (Å²) in [5.41, 5.74) is 5.08. The third kappa shape index (κ3) is 4.73. The number of nitrogens with one attached hydrogen (secondary N) is 1. The minimum atomic E-state index is -2.02. The van der Waals surface area contributed by atoms with Crippen LogP contribution in [0.25, 0.3) is 32.9 Å². The summed E-state index contributed by atoms with van der Waals surface area (Å²) in [6.45, 7) is 0.593. The fourth-order valence-electron chi connectivity index (χ4n) is 7.73.